The fraction of sp³-hybridized carbons (Fsp3) is 0.235. The standard InChI is InChI=1S/C17H20N2O2/c1-3-18-17(21)14-4-8-15(9-5-14)19-12(2)13-6-10-16(20)11-7-13/h4-12,19-20H,3H2,1-2H3,(H,18,21). The summed E-state index contributed by atoms with van der Waals surface area (Å²) in [5, 5.41) is 15.4. The average molecular weight is 284 g/mol. The highest BCUT2D eigenvalue weighted by Crippen LogP contribution is 2.21. The summed E-state index contributed by atoms with van der Waals surface area (Å²) in [6.45, 7) is 4.56. The van der Waals surface area contributed by atoms with Crippen LogP contribution in [0.3, 0.4) is 0 Å². The highest BCUT2D eigenvalue weighted by atomic mass is 16.3. The Morgan fingerprint density at radius 1 is 1.10 bits per heavy atom. The first-order valence-electron chi connectivity index (χ1n) is 7.04. The van der Waals surface area contributed by atoms with Crippen LogP contribution in [0.25, 0.3) is 0 Å². The van der Waals surface area contributed by atoms with E-state index in [-0.39, 0.29) is 17.7 Å². The number of carbonyl (C=O) groups is 1. The molecule has 2 aromatic carbocycles. The van der Waals surface area contributed by atoms with E-state index in [9.17, 15) is 9.90 Å². The van der Waals surface area contributed by atoms with Gasteiger partial charge in [0.2, 0.25) is 0 Å². The van der Waals surface area contributed by atoms with Crippen molar-refractivity contribution in [1.82, 2.24) is 5.32 Å². The lowest BCUT2D eigenvalue weighted by Gasteiger charge is -2.16. The number of anilines is 1. The fourth-order valence-corrected chi connectivity index (χ4v) is 2.08. The molecule has 0 aliphatic rings. The van der Waals surface area contributed by atoms with E-state index in [1.807, 2.05) is 38.1 Å². The van der Waals surface area contributed by atoms with Crippen molar-refractivity contribution in [2.24, 2.45) is 0 Å². The Bertz CT molecular complexity index is 591. The quantitative estimate of drug-likeness (QED) is 0.789. The molecule has 0 aromatic heterocycles. The molecule has 0 saturated heterocycles. The van der Waals surface area contributed by atoms with Gasteiger partial charge in [-0.2, -0.15) is 0 Å². The van der Waals surface area contributed by atoms with E-state index in [2.05, 4.69) is 10.6 Å². The first kappa shape index (κ1) is 14.9. The summed E-state index contributed by atoms with van der Waals surface area (Å²) in [5.41, 5.74) is 2.68. The molecule has 4 heteroatoms. The molecule has 0 fully saturated rings. The Kier molecular flexibility index (Phi) is 4.82. The highest BCUT2D eigenvalue weighted by Gasteiger charge is 2.07. The van der Waals surface area contributed by atoms with Crippen LogP contribution in [0.4, 0.5) is 5.69 Å². The third kappa shape index (κ3) is 3.99. The zero-order valence-corrected chi connectivity index (χ0v) is 12.3. The minimum Gasteiger partial charge on any atom is -0.508 e. The monoisotopic (exact) mass is 284 g/mol. The van der Waals surface area contributed by atoms with Crippen molar-refractivity contribution in [2.45, 2.75) is 19.9 Å². The third-order valence-corrected chi connectivity index (χ3v) is 3.26. The van der Waals surface area contributed by atoms with Gasteiger partial charge in [-0.1, -0.05) is 12.1 Å². The molecular formula is C17H20N2O2. The molecule has 2 rings (SSSR count). The minimum absolute atomic E-state index is 0.0596. The molecule has 1 atom stereocenters. The maximum Gasteiger partial charge on any atom is 0.251 e. The van der Waals surface area contributed by atoms with Crippen molar-refractivity contribution in [3.63, 3.8) is 0 Å². The number of carbonyl (C=O) groups excluding carboxylic acids is 1. The summed E-state index contributed by atoms with van der Waals surface area (Å²) >= 11 is 0. The van der Waals surface area contributed by atoms with Crippen LogP contribution in [0.15, 0.2) is 48.5 Å². The third-order valence-electron chi connectivity index (χ3n) is 3.26. The number of aromatic hydroxyl groups is 1. The topological polar surface area (TPSA) is 61.4 Å². The van der Waals surface area contributed by atoms with Crippen molar-refractivity contribution in [3.8, 4) is 5.75 Å². The lowest BCUT2D eigenvalue weighted by atomic mass is 10.1. The molecule has 0 bridgehead atoms. The molecule has 3 N–H and O–H groups in total. The number of rotatable bonds is 5. The van der Waals surface area contributed by atoms with Gasteiger partial charge in [0.05, 0.1) is 0 Å². The van der Waals surface area contributed by atoms with Crippen molar-refractivity contribution in [1.29, 1.82) is 0 Å². The predicted octanol–water partition coefficient (Wildman–Crippen LogP) is 3.32. The molecule has 1 unspecified atom stereocenters. The van der Waals surface area contributed by atoms with E-state index in [1.54, 1.807) is 24.3 Å². The number of phenols is 1. The van der Waals surface area contributed by atoms with E-state index in [0.29, 0.717) is 12.1 Å². The molecule has 21 heavy (non-hydrogen) atoms. The Balaban J connectivity index is 2.02. The smallest absolute Gasteiger partial charge is 0.251 e. The number of amides is 1. The van der Waals surface area contributed by atoms with Crippen LogP contribution in [-0.4, -0.2) is 17.6 Å². The number of hydrogen-bond acceptors (Lipinski definition) is 3. The Labute approximate surface area is 124 Å². The van der Waals surface area contributed by atoms with Gasteiger partial charge in [0.1, 0.15) is 5.75 Å². The molecule has 4 nitrogen and oxygen atoms in total. The first-order chi connectivity index (χ1) is 10.1. The van der Waals surface area contributed by atoms with E-state index in [0.717, 1.165) is 11.3 Å². The molecule has 2 aromatic rings. The highest BCUT2D eigenvalue weighted by molar-refractivity contribution is 5.94. The van der Waals surface area contributed by atoms with E-state index in [4.69, 9.17) is 0 Å². The molecule has 0 heterocycles. The van der Waals surface area contributed by atoms with Gasteiger partial charge < -0.3 is 15.7 Å². The average Bonchev–Trinajstić information content (AvgIpc) is 2.49. The lowest BCUT2D eigenvalue weighted by molar-refractivity contribution is 0.0956. The largest absolute Gasteiger partial charge is 0.508 e. The molecule has 0 aliphatic carbocycles. The van der Waals surface area contributed by atoms with Crippen LogP contribution in [0.1, 0.15) is 35.8 Å². The van der Waals surface area contributed by atoms with Crippen molar-refractivity contribution in [3.05, 3.63) is 59.7 Å². The van der Waals surface area contributed by atoms with Gasteiger partial charge in [-0.25, -0.2) is 0 Å². The van der Waals surface area contributed by atoms with Crippen LogP contribution in [0.2, 0.25) is 0 Å². The second kappa shape index (κ2) is 6.79. The molecule has 110 valence electrons. The van der Waals surface area contributed by atoms with Gasteiger partial charge in [0, 0.05) is 23.8 Å². The number of benzene rings is 2. The van der Waals surface area contributed by atoms with Crippen LogP contribution in [0, 0.1) is 0 Å². The zero-order chi connectivity index (χ0) is 15.2. The van der Waals surface area contributed by atoms with Gasteiger partial charge in [-0.3, -0.25) is 4.79 Å². The van der Waals surface area contributed by atoms with Gasteiger partial charge in [-0.05, 0) is 55.8 Å². The zero-order valence-electron chi connectivity index (χ0n) is 12.3. The van der Waals surface area contributed by atoms with Gasteiger partial charge in [0.15, 0.2) is 0 Å². The second-order valence-electron chi connectivity index (χ2n) is 4.89. The fourth-order valence-electron chi connectivity index (χ4n) is 2.08. The summed E-state index contributed by atoms with van der Waals surface area (Å²) in [7, 11) is 0. The Morgan fingerprint density at radius 3 is 2.29 bits per heavy atom. The van der Waals surface area contributed by atoms with E-state index < -0.39 is 0 Å². The van der Waals surface area contributed by atoms with Gasteiger partial charge >= 0.3 is 0 Å². The summed E-state index contributed by atoms with van der Waals surface area (Å²) in [6, 6.07) is 14.6. The molecule has 1 amide bonds. The summed E-state index contributed by atoms with van der Waals surface area (Å²) in [6.07, 6.45) is 0. The number of nitrogens with one attached hydrogen (secondary N) is 2. The lowest BCUT2D eigenvalue weighted by Crippen LogP contribution is -2.22. The predicted molar refractivity (Wildman–Crippen MR) is 84.6 cm³/mol. The van der Waals surface area contributed by atoms with Gasteiger partial charge in [0.25, 0.3) is 5.91 Å². The van der Waals surface area contributed by atoms with Crippen LogP contribution in [0.5, 0.6) is 5.75 Å². The number of hydrogen-bond donors (Lipinski definition) is 3. The van der Waals surface area contributed by atoms with Crippen LogP contribution in [-0.2, 0) is 0 Å². The van der Waals surface area contributed by atoms with Crippen LogP contribution < -0.4 is 10.6 Å². The van der Waals surface area contributed by atoms with E-state index >= 15 is 0 Å². The first-order valence-corrected chi connectivity index (χ1v) is 7.04. The summed E-state index contributed by atoms with van der Waals surface area (Å²) in [4.78, 5) is 11.7. The minimum atomic E-state index is -0.0596. The molecule has 0 radical (unpaired) electrons. The normalized spacial score (nSPS) is 11.7. The second-order valence-corrected chi connectivity index (χ2v) is 4.89. The van der Waals surface area contributed by atoms with Gasteiger partial charge in [-0.15, -0.1) is 0 Å². The van der Waals surface area contributed by atoms with Crippen LogP contribution >= 0.6 is 0 Å². The molecule has 0 spiro atoms. The SMILES string of the molecule is CCNC(=O)c1ccc(NC(C)c2ccc(O)cc2)cc1. The van der Waals surface area contributed by atoms with Crippen molar-refractivity contribution < 1.29 is 9.90 Å². The summed E-state index contributed by atoms with van der Waals surface area (Å²) in [5.74, 6) is 0.202. The maximum absolute atomic E-state index is 11.7. The van der Waals surface area contributed by atoms with Crippen molar-refractivity contribution in [2.75, 3.05) is 11.9 Å². The van der Waals surface area contributed by atoms with Crippen molar-refractivity contribution >= 4 is 11.6 Å². The Hall–Kier alpha value is -2.49. The molecule has 0 saturated carbocycles. The Morgan fingerprint density at radius 2 is 1.71 bits per heavy atom. The van der Waals surface area contributed by atoms with E-state index in [1.165, 1.54) is 0 Å². The maximum atomic E-state index is 11.7. The number of phenolic OH excluding ortho intramolecular Hbond substituents is 1. The summed E-state index contributed by atoms with van der Waals surface area (Å²) < 4.78 is 0. The molecular weight excluding hydrogens is 264 g/mol. The molecule has 0 aliphatic heterocycles.